The highest BCUT2D eigenvalue weighted by Gasteiger charge is 2.78. The third-order valence-electron chi connectivity index (χ3n) is 10.9. The quantitative estimate of drug-likeness (QED) is 0.121. The molecule has 1 aliphatic carbocycles. The van der Waals surface area contributed by atoms with Gasteiger partial charge < -0.3 is 9.13 Å². The summed E-state index contributed by atoms with van der Waals surface area (Å²) in [6, 6.07) is 34.9. The average Bonchev–Trinajstić information content (AvgIpc) is 3.49. The second-order valence-electron chi connectivity index (χ2n) is 19.0. The van der Waals surface area contributed by atoms with Gasteiger partial charge in [0.25, 0.3) is 0 Å². The third-order valence-corrected chi connectivity index (χ3v) is 29.2. The Bertz CT molecular complexity index is 1860. The largest absolute Gasteiger partial charge is 0.374 e. The predicted molar refractivity (Wildman–Crippen MR) is 220 cm³/mol. The van der Waals surface area contributed by atoms with Crippen molar-refractivity contribution < 1.29 is 0 Å². The summed E-state index contributed by atoms with van der Waals surface area (Å²) in [5.41, 5.74) is 4.66. The van der Waals surface area contributed by atoms with Crippen LogP contribution in [-0.4, -0.2) is 58.5 Å². The minimum absolute atomic E-state index is 0.182. The molecule has 0 saturated carbocycles. The van der Waals surface area contributed by atoms with E-state index in [9.17, 15) is 0 Å². The first-order valence-electron chi connectivity index (χ1n) is 18.8. The maximum Gasteiger partial charge on any atom is 0.207 e. The molecule has 0 spiro atoms. The molecule has 2 atom stereocenters. The van der Waals surface area contributed by atoms with Gasteiger partial charge in [0.2, 0.25) is 15.5 Å². The fourth-order valence-electron chi connectivity index (χ4n) is 9.61. The minimum Gasteiger partial charge on any atom is -0.374 e. The molecule has 0 radical (unpaired) electrons. The van der Waals surface area contributed by atoms with E-state index in [2.05, 4.69) is 177 Å². The van der Waals surface area contributed by atoms with E-state index < -0.39 is 15.5 Å². The van der Waals surface area contributed by atoms with Crippen LogP contribution in [0.2, 0.25) is 12.1 Å². The maximum absolute atomic E-state index is 5.74. The van der Waals surface area contributed by atoms with Gasteiger partial charge in [-0.15, -0.1) is 0 Å². The first-order chi connectivity index (χ1) is 23.3. The Kier molecular flexibility index (Phi) is 8.04. The topological polar surface area (TPSA) is 31.2 Å². The predicted octanol–water partition coefficient (Wildman–Crippen LogP) is 9.04. The van der Waals surface area contributed by atoms with Crippen LogP contribution in [0.25, 0.3) is 10.8 Å². The molecule has 1 fully saturated rings. The molecule has 4 nitrogen and oxygen atoms in total. The van der Waals surface area contributed by atoms with Gasteiger partial charge in [0.15, 0.2) is 0 Å². The van der Waals surface area contributed by atoms with Crippen molar-refractivity contribution in [3.8, 4) is 0 Å². The molecule has 3 aliphatic rings. The van der Waals surface area contributed by atoms with Crippen molar-refractivity contribution in [2.75, 3.05) is 0 Å². The van der Waals surface area contributed by atoms with Gasteiger partial charge >= 0.3 is 0 Å². The van der Waals surface area contributed by atoms with E-state index in [4.69, 9.17) is 9.98 Å². The Morgan fingerprint density at radius 2 is 0.840 bits per heavy atom. The molecule has 262 valence electrons. The van der Waals surface area contributed by atoms with E-state index in [1.165, 1.54) is 34.3 Å². The summed E-state index contributed by atoms with van der Waals surface area (Å²) in [6.07, 6.45) is 2.29. The van der Waals surface area contributed by atoms with Gasteiger partial charge in [0.05, 0.1) is 11.1 Å². The zero-order valence-corrected chi connectivity index (χ0v) is 34.7. The van der Waals surface area contributed by atoms with Crippen LogP contribution in [0.1, 0.15) is 105 Å². The van der Waals surface area contributed by atoms with Crippen LogP contribution in [-0.2, 0) is 12.8 Å². The van der Waals surface area contributed by atoms with Gasteiger partial charge in [-0.05, 0) is 140 Å². The molecule has 4 aromatic carbocycles. The second-order valence-corrected chi connectivity index (χ2v) is 30.3. The summed E-state index contributed by atoms with van der Waals surface area (Å²) in [5, 5.41) is 6.47. The van der Waals surface area contributed by atoms with E-state index in [0.717, 1.165) is 24.5 Å². The Labute approximate surface area is 303 Å². The summed E-state index contributed by atoms with van der Waals surface area (Å²) < 4.78 is 5.95. The van der Waals surface area contributed by atoms with Gasteiger partial charge in [0.1, 0.15) is 11.7 Å². The highest BCUT2D eigenvalue weighted by molar-refractivity contribution is 7.56. The first-order valence-corrected chi connectivity index (χ1v) is 24.1. The number of aryl methyl sites for hydroxylation is 2. The zero-order valence-electron chi connectivity index (χ0n) is 32.7. The Balaban J connectivity index is 1.66. The van der Waals surface area contributed by atoms with Gasteiger partial charge in [-0.1, -0.05) is 84.9 Å². The van der Waals surface area contributed by atoms with E-state index in [1.807, 2.05) is 0 Å². The lowest BCUT2D eigenvalue weighted by Gasteiger charge is -2.68. The summed E-state index contributed by atoms with van der Waals surface area (Å²) in [5.74, 6) is 2.33. The molecule has 0 bridgehead atoms. The molecule has 0 N–H and O–H groups in total. The van der Waals surface area contributed by atoms with Crippen LogP contribution in [0.15, 0.2) is 94.9 Å². The average molecular weight is 699 g/mol. The van der Waals surface area contributed by atoms with Crippen LogP contribution in [0.4, 0.5) is 0 Å². The molecule has 2 aliphatic heterocycles. The minimum atomic E-state index is -2.65. The summed E-state index contributed by atoms with van der Waals surface area (Å²) in [7, 11) is -5.30. The molecular formula is C44H58N4Si2. The number of aliphatic imine (C=N–C) groups is 2. The lowest BCUT2D eigenvalue weighted by Crippen LogP contribution is -2.94. The van der Waals surface area contributed by atoms with Crippen molar-refractivity contribution in [2.45, 2.75) is 130 Å². The van der Waals surface area contributed by atoms with E-state index in [0.29, 0.717) is 0 Å². The van der Waals surface area contributed by atoms with Crippen LogP contribution < -0.4 is 10.4 Å². The fourth-order valence-corrected chi connectivity index (χ4v) is 31.8. The molecule has 0 unspecified atom stereocenters. The fraction of sp³-hybridized carbons (Fsp3) is 0.455. The molecule has 1 saturated heterocycles. The Morgan fingerprint density at radius 1 is 0.480 bits per heavy atom. The summed E-state index contributed by atoms with van der Waals surface area (Å²) in [6.45, 7) is 28.3. The molecule has 50 heavy (non-hydrogen) atoms. The van der Waals surface area contributed by atoms with Gasteiger partial charge in [-0.25, -0.2) is 0 Å². The molecular weight excluding hydrogens is 641 g/mol. The molecule has 2 heterocycles. The zero-order chi connectivity index (χ0) is 36.1. The highest BCUT2D eigenvalue weighted by Crippen LogP contribution is 2.55. The number of benzene rings is 4. The van der Waals surface area contributed by atoms with E-state index in [1.54, 1.807) is 21.1 Å². The number of hydrogen-bond acceptors (Lipinski definition) is 2. The lowest BCUT2D eigenvalue weighted by molar-refractivity contribution is 0.323. The molecule has 6 heteroatoms. The van der Waals surface area contributed by atoms with Gasteiger partial charge in [-0.3, -0.25) is 9.98 Å². The highest BCUT2D eigenvalue weighted by atomic mass is 29.3. The smallest absolute Gasteiger partial charge is 0.207 e. The summed E-state index contributed by atoms with van der Waals surface area (Å²) in [4.78, 5) is 11.5. The molecule has 4 aromatic rings. The molecule has 0 amide bonds. The van der Waals surface area contributed by atoms with Crippen LogP contribution in [0.3, 0.4) is 0 Å². The van der Waals surface area contributed by atoms with Crippen molar-refractivity contribution >= 4 is 48.3 Å². The number of rotatable bonds is 4. The standard InChI is InChI=1S/C44H58N4Si2/c1-41(2,3)45-39(33-19-15-13-16-20-33)47(43(7,8)9)49-29-30-50(49,36-28-26-32-24-23-31-25-27-35(49)38(36)37(31)32)48(44(10,11)12)40(46-42(4,5)6)34-21-17-14-18-22-34/h13-22,25-28H,23-24,29-30H2,1-12H3/t49-,50+. The Hall–Kier alpha value is -3.49. The van der Waals surface area contributed by atoms with Crippen molar-refractivity contribution in [1.82, 2.24) is 9.13 Å². The normalized spacial score (nSPS) is 22.1. The van der Waals surface area contributed by atoms with Crippen LogP contribution in [0, 0.1) is 0 Å². The van der Waals surface area contributed by atoms with E-state index >= 15 is 0 Å². The second kappa shape index (κ2) is 11.5. The van der Waals surface area contributed by atoms with Crippen molar-refractivity contribution in [3.05, 3.63) is 107 Å². The third kappa shape index (κ3) is 5.35. The number of hydrogen-bond donors (Lipinski definition) is 0. The van der Waals surface area contributed by atoms with Crippen LogP contribution in [0.5, 0.6) is 0 Å². The maximum atomic E-state index is 5.74. The monoisotopic (exact) mass is 698 g/mol. The Morgan fingerprint density at radius 3 is 1.14 bits per heavy atom. The van der Waals surface area contributed by atoms with Gasteiger partial charge in [-0.2, -0.15) is 0 Å². The number of amidine groups is 2. The first kappa shape index (κ1) is 34.9. The lowest BCUT2D eigenvalue weighted by atomic mass is 10.0. The molecule has 7 rings (SSSR count). The molecule has 0 aromatic heterocycles. The van der Waals surface area contributed by atoms with Gasteiger partial charge in [0, 0.05) is 22.2 Å². The van der Waals surface area contributed by atoms with Crippen molar-refractivity contribution in [3.63, 3.8) is 0 Å². The number of fused-ring (bicyclic) bond motifs is 3. The SMILES string of the molecule is CC(C)(C)N=C(c1ccccc1)N(C(C)(C)C)[Si@@]12CC[Si@]1(N(C(=NC(C)(C)C)c1ccccc1)C(C)(C)C)c1ccc3c4c(ccc2c14)CC3. The van der Waals surface area contributed by atoms with Crippen LogP contribution >= 0.6 is 0 Å². The number of nitrogens with zero attached hydrogens (tertiary/aromatic N) is 4. The summed E-state index contributed by atoms with van der Waals surface area (Å²) >= 11 is 0. The van der Waals surface area contributed by atoms with E-state index in [-0.39, 0.29) is 22.2 Å². The van der Waals surface area contributed by atoms with Crippen molar-refractivity contribution in [2.24, 2.45) is 9.98 Å². The van der Waals surface area contributed by atoms with Crippen molar-refractivity contribution in [1.29, 1.82) is 0 Å².